The van der Waals surface area contributed by atoms with Gasteiger partial charge in [-0.3, -0.25) is 9.59 Å². The van der Waals surface area contributed by atoms with Gasteiger partial charge in [0.05, 0.1) is 18.7 Å². The van der Waals surface area contributed by atoms with Crippen molar-refractivity contribution in [3.8, 4) is 5.75 Å². The standard InChI is InChI=1S/C25H24F3N3O4/c1-34-12-13-35-22-10-8-19(9-11-22)29-16-23(32)30-20-6-2-4-17(14-20)24(33)31-21-7-3-5-18(15-21)25(26,27)28/h2-11,14-15,29H,12-13,16H2,1H3,(H,30,32)(H,31,33). The molecule has 0 aliphatic rings. The van der Waals surface area contributed by atoms with Crippen molar-refractivity contribution in [2.45, 2.75) is 6.18 Å². The van der Waals surface area contributed by atoms with Crippen LogP contribution < -0.4 is 20.7 Å². The predicted octanol–water partition coefficient (Wildman–Crippen LogP) is 5.03. The van der Waals surface area contributed by atoms with Gasteiger partial charge in [-0.05, 0) is 60.7 Å². The van der Waals surface area contributed by atoms with Crippen molar-refractivity contribution in [2.24, 2.45) is 0 Å². The number of hydrogen-bond donors (Lipinski definition) is 3. The Morgan fingerprint density at radius 2 is 1.51 bits per heavy atom. The predicted molar refractivity (Wildman–Crippen MR) is 127 cm³/mol. The number of carbonyl (C=O) groups is 2. The van der Waals surface area contributed by atoms with E-state index in [9.17, 15) is 22.8 Å². The van der Waals surface area contributed by atoms with Gasteiger partial charge in [-0.1, -0.05) is 12.1 Å². The molecule has 0 unspecified atom stereocenters. The van der Waals surface area contributed by atoms with Gasteiger partial charge in [0, 0.05) is 29.7 Å². The number of anilines is 3. The van der Waals surface area contributed by atoms with Gasteiger partial charge in [0.2, 0.25) is 5.91 Å². The first-order valence-electron chi connectivity index (χ1n) is 10.6. The molecule has 0 aromatic heterocycles. The van der Waals surface area contributed by atoms with Crippen molar-refractivity contribution in [3.05, 3.63) is 83.9 Å². The Balaban J connectivity index is 1.53. The summed E-state index contributed by atoms with van der Waals surface area (Å²) in [5.74, 6) is -0.274. The molecule has 0 saturated heterocycles. The highest BCUT2D eigenvalue weighted by atomic mass is 19.4. The molecule has 3 aromatic rings. The summed E-state index contributed by atoms with van der Waals surface area (Å²) in [5.41, 5.74) is 0.414. The number of halogens is 3. The van der Waals surface area contributed by atoms with Crippen LogP contribution >= 0.6 is 0 Å². The number of hydrogen-bond acceptors (Lipinski definition) is 5. The van der Waals surface area contributed by atoms with Crippen LogP contribution in [0.3, 0.4) is 0 Å². The van der Waals surface area contributed by atoms with Gasteiger partial charge >= 0.3 is 6.18 Å². The molecular weight excluding hydrogens is 463 g/mol. The van der Waals surface area contributed by atoms with Crippen molar-refractivity contribution in [1.29, 1.82) is 0 Å². The molecule has 0 fully saturated rings. The minimum Gasteiger partial charge on any atom is -0.491 e. The summed E-state index contributed by atoms with van der Waals surface area (Å²) in [6.45, 7) is 0.890. The lowest BCUT2D eigenvalue weighted by Gasteiger charge is -2.11. The summed E-state index contributed by atoms with van der Waals surface area (Å²) in [5, 5.41) is 8.10. The number of carbonyl (C=O) groups excluding carboxylic acids is 2. The van der Waals surface area contributed by atoms with Crippen LogP contribution in [0, 0.1) is 0 Å². The second-order valence-electron chi connectivity index (χ2n) is 7.38. The quantitative estimate of drug-likeness (QED) is 0.349. The molecule has 3 aromatic carbocycles. The van der Waals surface area contributed by atoms with Crippen LogP contribution in [0.15, 0.2) is 72.8 Å². The first-order valence-corrected chi connectivity index (χ1v) is 10.6. The molecule has 0 spiro atoms. The van der Waals surface area contributed by atoms with Crippen molar-refractivity contribution in [3.63, 3.8) is 0 Å². The largest absolute Gasteiger partial charge is 0.491 e. The van der Waals surface area contributed by atoms with E-state index in [1.54, 1.807) is 43.5 Å². The fourth-order valence-corrected chi connectivity index (χ4v) is 3.01. The highest BCUT2D eigenvalue weighted by Crippen LogP contribution is 2.30. The number of methoxy groups -OCH3 is 1. The second-order valence-corrected chi connectivity index (χ2v) is 7.38. The third-order valence-electron chi connectivity index (χ3n) is 4.72. The van der Waals surface area contributed by atoms with Crippen LogP contribution in [0.25, 0.3) is 0 Å². The Labute approximate surface area is 200 Å². The van der Waals surface area contributed by atoms with Crippen LogP contribution in [0.4, 0.5) is 30.2 Å². The lowest BCUT2D eigenvalue weighted by molar-refractivity contribution is -0.137. The molecule has 0 saturated carbocycles. The third kappa shape index (κ3) is 8.04. The van der Waals surface area contributed by atoms with E-state index in [0.717, 1.165) is 12.1 Å². The van der Waals surface area contributed by atoms with Crippen LogP contribution in [0.2, 0.25) is 0 Å². The number of alkyl halides is 3. The van der Waals surface area contributed by atoms with E-state index in [1.807, 2.05) is 0 Å². The zero-order chi connectivity index (χ0) is 25.3. The molecule has 2 amide bonds. The minimum atomic E-state index is -4.52. The van der Waals surface area contributed by atoms with Crippen molar-refractivity contribution >= 4 is 28.9 Å². The van der Waals surface area contributed by atoms with Crippen LogP contribution in [0.5, 0.6) is 5.75 Å². The van der Waals surface area contributed by atoms with Crippen LogP contribution in [-0.4, -0.2) is 38.7 Å². The van der Waals surface area contributed by atoms with Gasteiger partial charge in [0.1, 0.15) is 12.4 Å². The molecule has 0 bridgehead atoms. The smallest absolute Gasteiger partial charge is 0.416 e. The fourth-order valence-electron chi connectivity index (χ4n) is 3.01. The summed E-state index contributed by atoms with van der Waals surface area (Å²) >= 11 is 0. The maximum absolute atomic E-state index is 12.9. The van der Waals surface area contributed by atoms with Gasteiger partial charge in [-0.25, -0.2) is 0 Å². The Hall–Kier alpha value is -4.05. The topological polar surface area (TPSA) is 88.7 Å². The van der Waals surface area contributed by atoms with Gasteiger partial charge in [0.15, 0.2) is 0 Å². The molecule has 0 aliphatic carbocycles. The normalized spacial score (nSPS) is 11.0. The summed E-state index contributed by atoms with van der Waals surface area (Å²) in [7, 11) is 1.59. The number of benzene rings is 3. The summed E-state index contributed by atoms with van der Waals surface area (Å²) in [6.07, 6.45) is -4.52. The molecular formula is C25H24F3N3O4. The average molecular weight is 487 g/mol. The number of nitrogens with one attached hydrogen (secondary N) is 3. The molecule has 35 heavy (non-hydrogen) atoms. The molecule has 0 aliphatic heterocycles. The third-order valence-corrected chi connectivity index (χ3v) is 4.72. The van der Waals surface area contributed by atoms with E-state index in [0.29, 0.717) is 30.3 Å². The maximum atomic E-state index is 12.9. The first kappa shape index (κ1) is 25.6. The van der Waals surface area contributed by atoms with E-state index in [2.05, 4.69) is 16.0 Å². The van der Waals surface area contributed by atoms with Gasteiger partial charge in [0.25, 0.3) is 5.91 Å². The molecule has 7 nitrogen and oxygen atoms in total. The number of rotatable bonds is 10. The van der Waals surface area contributed by atoms with Crippen LogP contribution in [0.1, 0.15) is 15.9 Å². The van der Waals surface area contributed by atoms with Gasteiger partial charge in [-0.15, -0.1) is 0 Å². The highest BCUT2D eigenvalue weighted by Gasteiger charge is 2.30. The fraction of sp³-hybridized carbons (Fsp3) is 0.200. The van der Waals surface area contributed by atoms with Crippen LogP contribution in [-0.2, 0) is 15.7 Å². The van der Waals surface area contributed by atoms with Crippen molar-refractivity contribution in [2.75, 3.05) is 42.8 Å². The minimum absolute atomic E-state index is 0.0126. The summed E-state index contributed by atoms with van der Waals surface area (Å²) < 4.78 is 49.0. The number of ether oxygens (including phenoxy) is 2. The Bertz CT molecular complexity index is 1150. The molecule has 0 heterocycles. The second kappa shape index (κ2) is 11.9. The lowest BCUT2D eigenvalue weighted by Crippen LogP contribution is -2.22. The van der Waals surface area contributed by atoms with E-state index in [1.165, 1.54) is 24.3 Å². The van der Waals surface area contributed by atoms with Gasteiger partial charge in [-0.2, -0.15) is 13.2 Å². The molecule has 10 heteroatoms. The first-order chi connectivity index (χ1) is 16.7. The lowest BCUT2D eigenvalue weighted by atomic mass is 10.1. The van der Waals surface area contributed by atoms with E-state index in [4.69, 9.17) is 9.47 Å². The summed E-state index contributed by atoms with van der Waals surface area (Å²) in [6, 6.07) is 17.5. The average Bonchev–Trinajstić information content (AvgIpc) is 2.83. The molecule has 0 radical (unpaired) electrons. The Morgan fingerprint density at radius 1 is 0.829 bits per heavy atom. The maximum Gasteiger partial charge on any atom is 0.416 e. The summed E-state index contributed by atoms with van der Waals surface area (Å²) in [4.78, 5) is 24.8. The molecule has 3 N–H and O–H groups in total. The SMILES string of the molecule is COCCOc1ccc(NCC(=O)Nc2cccc(C(=O)Nc3cccc(C(F)(F)F)c3)c2)cc1. The highest BCUT2D eigenvalue weighted by molar-refractivity contribution is 6.05. The van der Waals surface area contributed by atoms with Crippen molar-refractivity contribution in [1.82, 2.24) is 0 Å². The molecule has 0 atom stereocenters. The van der Waals surface area contributed by atoms with Gasteiger partial charge < -0.3 is 25.4 Å². The van der Waals surface area contributed by atoms with E-state index >= 15 is 0 Å². The monoisotopic (exact) mass is 487 g/mol. The van der Waals surface area contributed by atoms with Crippen molar-refractivity contribution < 1.29 is 32.2 Å². The van der Waals surface area contributed by atoms with E-state index in [-0.39, 0.29) is 23.7 Å². The Kier molecular flexibility index (Phi) is 8.69. The zero-order valence-electron chi connectivity index (χ0n) is 18.8. The molecule has 184 valence electrons. The molecule has 3 rings (SSSR count). The van der Waals surface area contributed by atoms with E-state index < -0.39 is 17.6 Å². The number of amides is 2. The zero-order valence-corrected chi connectivity index (χ0v) is 18.8. The Morgan fingerprint density at radius 3 is 2.20 bits per heavy atom.